The standard InChI is InChI=1S/C15H19Cl3N4O9/c1-6(23)27-4-9-11(29-7(2)24)12(30-8(3)25)10(13(31-9)21-22-19)20-14(26)28-5-15(16,17)18/h9-13H,4-5H2,1-3H3,(H,20,26)/t9-,10-,11+,12-,13-/m1/s1. The van der Waals surface area contributed by atoms with Crippen molar-refractivity contribution in [1.29, 1.82) is 0 Å². The number of alkyl halides is 3. The zero-order valence-electron chi connectivity index (χ0n) is 16.5. The van der Waals surface area contributed by atoms with Crippen LogP contribution in [0, 0.1) is 0 Å². The maximum atomic E-state index is 12.1. The molecule has 1 fully saturated rings. The Kier molecular flexibility index (Phi) is 10.4. The van der Waals surface area contributed by atoms with E-state index in [1.807, 2.05) is 0 Å². The van der Waals surface area contributed by atoms with E-state index in [2.05, 4.69) is 15.3 Å². The van der Waals surface area contributed by atoms with Crippen LogP contribution in [0.5, 0.6) is 0 Å². The molecule has 174 valence electrons. The Hall–Kier alpha value is -2.18. The molecule has 0 saturated carbocycles. The number of esters is 3. The van der Waals surface area contributed by atoms with Crippen molar-refractivity contribution in [1.82, 2.24) is 5.32 Å². The third kappa shape index (κ3) is 9.66. The molecule has 0 aromatic carbocycles. The molecule has 1 N–H and O–H groups in total. The quantitative estimate of drug-likeness (QED) is 0.135. The van der Waals surface area contributed by atoms with Crippen molar-refractivity contribution >= 4 is 58.8 Å². The third-order valence-corrected chi connectivity index (χ3v) is 3.86. The van der Waals surface area contributed by atoms with Gasteiger partial charge in [-0.1, -0.05) is 39.9 Å². The number of alkyl carbamates (subject to hydrolysis) is 1. The highest BCUT2D eigenvalue weighted by molar-refractivity contribution is 6.67. The lowest BCUT2D eigenvalue weighted by Gasteiger charge is -2.43. The minimum atomic E-state index is -1.91. The molecule has 16 heteroatoms. The van der Waals surface area contributed by atoms with Gasteiger partial charge in [-0.15, -0.1) is 0 Å². The van der Waals surface area contributed by atoms with Crippen molar-refractivity contribution in [2.45, 2.75) is 55.1 Å². The summed E-state index contributed by atoms with van der Waals surface area (Å²) in [6.07, 6.45) is -6.61. The second kappa shape index (κ2) is 12.0. The first-order valence-electron chi connectivity index (χ1n) is 8.51. The van der Waals surface area contributed by atoms with Crippen molar-refractivity contribution < 1.29 is 42.9 Å². The molecule has 1 aliphatic rings. The molecule has 0 unspecified atom stereocenters. The van der Waals surface area contributed by atoms with Gasteiger partial charge in [-0.25, -0.2) is 4.79 Å². The summed E-state index contributed by atoms with van der Waals surface area (Å²) in [6.45, 7) is 2.19. The predicted octanol–water partition coefficient (Wildman–Crippen LogP) is 1.91. The zero-order valence-corrected chi connectivity index (χ0v) is 18.7. The average Bonchev–Trinajstić information content (AvgIpc) is 2.62. The highest BCUT2D eigenvalue weighted by Crippen LogP contribution is 2.29. The van der Waals surface area contributed by atoms with Crippen LogP contribution in [0.4, 0.5) is 4.79 Å². The lowest BCUT2D eigenvalue weighted by Crippen LogP contribution is -2.65. The van der Waals surface area contributed by atoms with Gasteiger partial charge in [-0.2, -0.15) is 0 Å². The largest absolute Gasteiger partial charge is 0.463 e. The van der Waals surface area contributed by atoms with E-state index < -0.39 is 71.6 Å². The fraction of sp³-hybridized carbons (Fsp3) is 0.733. The Labute approximate surface area is 191 Å². The van der Waals surface area contributed by atoms with Crippen molar-refractivity contribution in [2.75, 3.05) is 13.2 Å². The minimum absolute atomic E-state index is 0.438. The van der Waals surface area contributed by atoms with Gasteiger partial charge in [0.1, 0.15) is 25.4 Å². The first kappa shape index (κ1) is 26.9. The van der Waals surface area contributed by atoms with Gasteiger partial charge in [0.05, 0.1) is 0 Å². The summed E-state index contributed by atoms with van der Waals surface area (Å²) < 4.78 is 23.7. The van der Waals surface area contributed by atoms with Crippen LogP contribution in [0.15, 0.2) is 5.11 Å². The Balaban J connectivity index is 3.25. The molecule has 31 heavy (non-hydrogen) atoms. The van der Waals surface area contributed by atoms with Crippen LogP contribution in [0.2, 0.25) is 0 Å². The summed E-state index contributed by atoms with van der Waals surface area (Å²) >= 11 is 16.6. The molecule has 0 aromatic heterocycles. The molecule has 0 aliphatic carbocycles. The molecule has 13 nitrogen and oxygen atoms in total. The Morgan fingerprint density at radius 2 is 1.61 bits per heavy atom. The summed E-state index contributed by atoms with van der Waals surface area (Å²) in [5.41, 5.74) is 8.87. The first-order valence-corrected chi connectivity index (χ1v) is 9.65. The average molecular weight is 506 g/mol. The number of amides is 1. The van der Waals surface area contributed by atoms with Crippen molar-refractivity contribution in [2.24, 2.45) is 5.11 Å². The smallest absolute Gasteiger partial charge is 0.407 e. The molecule has 1 aliphatic heterocycles. The molecule has 0 radical (unpaired) electrons. The van der Waals surface area contributed by atoms with E-state index in [9.17, 15) is 19.2 Å². The molecule has 0 aromatic rings. The van der Waals surface area contributed by atoms with E-state index in [1.54, 1.807) is 0 Å². The van der Waals surface area contributed by atoms with Crippen LogP contribution in [-0.4, -0.2) is 71.6 Å². The number of halogens is 3. The van der Waals surface area contributed by atoms with Crippen LogP contribution in [0.3, 0.4) is 0 Å². The van der Waals surface area contributed by atoms with Gasteiger partial charge >= 0.3 is 24.0 Å². The van der Waals surface area contributed by atoms with Crippen LogP contribution in [0.1, 0.15) is 20.8 Å². The topological polar surface area (TPSA) is 175 Å². The van der Waals surface area contributed by atoms with E-state index in [1.165, 1.54) is 0 Å². The van der Waals surface area contributed by atoms with Gasteiger partial charge in [0, 0.05) is 25.7 Å². The maximum absolute atomic E-state index is 12.1. The SMILES string of the molecule is CC(=O)OC[C@H]1O[C@@H](N=[N+]=[N-])[C@H](NC(=O)OCC(Cl)(Cl)Cl)[C@@H](OC(C)=O)[C@H]1OC(C)=O. The Morgan fingerprint density at radius 1 is 1.03 bits per heavy atom. The van der Waals surface area contributed by atoms with Gasteiger partial charge in [0.25, 0.3) is 0 Å². The Bertz CT molecular complexity index is 742. The molecule has 1 amide bonds. The summed E-state index contributed by atoms with van der Waals surface area (Å²) in [5.74, 6) is -2.29. The second-order valence-corrected chi connectivity index (χ2v) is 8.60. The van der Waals surface area contributed by atoms with Crippen molar-refractivity contribution in [3.05, 3.63) is 10.4 Å². The number of carbonyl (C=O) groups is 4. The van der Waals surface area contributed by atoms with Gasteiger partial charge < -0.3 is 29.0 Å². The summed E-state index contributed by atoms with van der Waals surface area (Å²) in [5, 5.41) is 5.68. The summed E-state index contributed by atoms with van der Waals surface area (Å²) in [6, 6.07) is -1.39. The number of ether oxygens (including phenoxy) is 5. The molecule has 1 heterocycles. The number of nitrogens with one attached hydrogen (secondary N) is 1. The minimum Gasteiger partial charge on any atom is -0.463 e. The van der Waals surface area contributed by atoms with Gasteiger partial charge in [0.2, 0.25) is 3.79 Å². The van der Waals surface area contributed by atoms with Gasteiger partial charge in [0.15, 0.2) is 18.4 Å². The van der Waals surface area contributed by atoms with Crippen LogP contribution >= 0.6 is 34.8 Å². The lowest BCUT2D eigenvalue weighted by molar-refractivity contribution is -0.221. The zero-order chi connectivity index (χ0) is 23.8. The second-order valence-electron chi connectivity index (χ2n) is 6.08. The molecular weight excluding hydrogens is 487 g/mol. The Morgan fingerprint density at radius 3 is 2.10 bits per heavy atom. The highest BCUT2D eigenvalue weighted by atomic mass is 35.6. The van der Waals surface area contributed by atoms with E-state index in [0.29, 0.717) is 0 Å². The lowest BCUT2D eigenvalue weighted by atomic mass is 9.95. The molecule has 0 bridgehead atoms. The van der Waals surface area contributed by atoms with Crippen LogP contribution < -0.4 is 5.32 Å². The van der Waals surface area contributed by atoms with Crippen LogP contribution in [0.25, 0.3) is 10.4 Å². The van der Waals surface area contributed by atoms with Gasteiger partial charge in [-0.05, 0) is 5.53 Å². The summed E-state index contributed by atoms with van der Waals surface area (Å²) in [4.78, 5) is 49.2. The molecule has 1 rings (SSSR count). The number of nitrogens with zero attached hydrogens (tertiary/aromatic N) is 3. The van der Waals surface area contributed by atoms with Gasteiger partial charge in [-0.3, -0.25) is 14.4 Å². The first-order chi connectivity index (χ1) is 14.3. The summed E-state index contributed by atoms with van der Waals surface area (Å²) in [7, 11) is 0. The highest BCUT2D eigenvalue weighted by Gasteiger charge is 2.51. The third-order valence-electron chi connectivity index (χ3n) is 3.54. The van der Waals surface area contributed by atoms with E-state index in [-0.39, 0.29) is 0 Å². The van der Waals surface area contributed by atoms with Crippen LogP contribution in [-0.2, 0) is 38.1 Å². The number of carbonyl (C=O) groups excluding carboxylic acids is 4. The van der Waals surface area contributed by atoms with Crippen molar-refractivity contribution in [3.63, 3.8) is 0 Å². The van der Waals surface area contributed by atoms with E-state index in [0.717, 1.165) is 20.8 Å². The number of azide groups is 1. The normalized spacial score (nSPS) is 25.4. The molecular formula is C15H19Cl3N4O9. The fourth-order valence-corrected chi connectivity index (χ4v) is 2.71. The number of rotatable bonds is 7. The number of hydrogen-bond acceptors (Lipinski definition) is 10. The molecule has 0 spiro atoms. The van der Waals surface area contributed by atoms with E-state index >= 15 is 0 Å². The molecule has 5 atom stereocenters. The van der Waals surface area contributed by atoms with E-state index in [4.69, 9.17) is 64.0 Å². The predicted molar refractivity (Wildman–Crippen MR) is 104 cm³/mol. The molecule has 1 saturated heterocycles. The maximum Gasteiger partial charge on any atom is 0.407 e. The number of hydrogen-bond donors (Lipinski definition) is 1. The monoisotopic (exact) mass is 504 g/mol. The fourth-order valence-electron chi connectivity index (χ4n) is 2.55. The van der Waals surface area contributed by atoms with Crippen molar-refractivity contribution in [3.8, 4) is 0 Å².